The largest absolute Gasteiger partial charge is 0.497 e. The molecule has 6 nitrogen and oxygen atoms in total. The molecule has 1 heterocycles. The van der Waals surface area contributed by atoms with Crippen LogP contribution in [0.1, 0.15) is 19.9 Å². The van der Waals surface area contributed by atoms with Gasteiger partial charge in [-0.25, -0.2) is 13.9 Å². The summed E-state index contributed by atoms with van der Waals surface area (Å²) in [7, 11) is 1.47. The Morgan fingerprint density at radius 1 is 1.33 bits per heavy atom. The number of ether oxygens (including phenoxy) is 1. The van der Waals surface area contributed by atoms with Crippen LogP contribution < -0.4 is 15.4 Å². The number of urea groups is 1. The number of rotatable bonds is 4. The van der Waals surface area contributed by atoms with Gasteiger partial charge in [0, 0.05) is 18.2 Å². The molecule has 0 radical (unpaired) electrons. The van der Waals surface area contributed by atoms with Crippen LogP contribution in [0.5, 0.6) is 5.75 Å². The predicted molar refractivity (Wildman–Crippen MR) is 78.2 cm³/mol. The van der Waals surface area contributed by atoms with E-state index in [0.29, 0.717) is 11.6 Å². The second kappa shape index (κ2) is 6.25. The zero-order valence-corrected chi connectivity index (χ0v) is 12.1. The number of hydrogen-bond donors (Lipinski definition) is 2. The minimum absolute atomic E-state index is 0.0439. The third kappa shape index (κ3) is 3.50. The van der Waals surface area contributed by atoms with Crippen molar-refractivity contribution >= 4 is 17.5 Å². The van der Waals surface area contributed by atoms with E-state index in [0.717, 1.165) is 0 Å². The van der Waals surface area contributed by atoms with E-state index in [9.17, 15) is 9.18 Å². The second-order valence-electron chi connectivity index (χ2n) is 4.68. The molecule has 112 valence electrons. The SMILES string of the molecule is COc1ccc(F)c(NC(=O)Nc2ccnn2C(C)C)c1. The molecule has 0 aliphatic carbocycles. The van der Waals surface area contributed by atoms with Crippen molar-refractivity contribution in [2.45, 2.75) is 19.9 Å². The number of amides is 2. The van der Waals surface area contributed by atoms with Gasteiger partial charge in [0.15, 0.2) is 0 Å². The van der Waals surface area contributed by atoms with Crippen molar-refractivity contribution in [1.29, 1.82) is 0 Å². The number of aromatic nitrogens is 2. The lowest BCUT2D eigenvalue weighted by atomic mass is 10.3. The Kier molecular flexibility index (Phi) is 4.42. The number of benzene rings is 1. The van der Waals surface area contributed by atoms with E-state index in [4.69, 9.17) is 4.74 Å². The molecule has 21 heavy (non-hydrogen) atoms. The van der Waals surface area contributed by atoms with Gasteiger partial charge in [0.05, 0.1) is 19.0 Å². The van der Waals surface area contributed by atoms with Crippen molar-refractivity contribution < 1.29 is 13.9 Å². The number of nitrogens with zero attached hydrogens (tertiary/aromatic N) is 2. The number of carbonyl (C=O) groups is 1. The zero-order chi connectivity index (χ0) is 15.4. The van der Waals surface area contributed by atoms with Gasteiger partial charge in [-0.3, -0.25) is 5.32 Å². The van der Waals surface area contributed by atoms with Crippen molar-refractivity contribution in [2.24, 2.45) is 0 Å². The highest BCUT2D eigenvalue weighted by Crippen LogP contribution is 2.21. The van der Waals surface area contributed by atoms with Crippen molar-refractivity contribution in [3.05, 3.63) is 36.3 Å². The third-order valence-electron chi connectivity index (χ3n) is 2.82. The summed E-state index contributed by atoms with van der Waals surface area (Å²) < 4.78 is 20.3. The van der Waals surface area contributed by atoms with E-state index < -0.39 is 11.8 Å². The Balaban J connectivity index is 2.10. The number of hydrogen-bond acceptors (Lipinski definition) is 3. The summed E-state index contributed by atoms with van der Waals surface area (Å²) in [6.07, 6.45) is 1.59. The summed E-state index contributed by atoms with van der Waals surface area (Å²) in [5.41, 5.74) is 0.0439. The molecule has 0 aliphatic heterocycles. The molecule has 2 N–H and O–H groups in total. The van der Waals surface area contributed by atoms with Gasteiger partial charge < -0.3 is 10.1 Å². The lowest BCUT2D eigenvalue weighted by Crippen LogP contribution is -2.22. The van der Waals surface area contributed by atoms with E-state index in [1.165, 1.54) is 25.3 Å². The number of halogens is 1. The van der Waals surface area contributed by atoms with Gasteiger partial charge in [-0.2, -0.15) is 5.10 Å². The molecular weight excluding hydrogens is 275 g/mol. The molecule has 0 atom stereocenters. The lowest BCUT2D eigenvalue weighted by molar-refractivity contribution is 0.261. The molecular formula is C14H17FN4O2. The van der Waals surface area contributed by atoms with Crippen LogP contribution in [0.4, 0.5) is 20.7 Å². The quantitative estimate of drug-likeness (QED) is 0.909. The highest BCUT2D eigenvalue weighted by Gasteiger charge is 2.12. The topological polar surface area (TPSA) is 68.2 Å². The maximum absolute atomic E-state index is 13.6. The molecule has 0 unspecified atom stereocenters. The molecule has 2 rings (SSSR count). The zero-order valence-electron chi connectivity index (χ0n) is 12.1. The fourth-order valence-corrected chi connectivity index (χ4v) is 1.82. The number of anilines is 2. The average molecular weight is 292 g/mol. The van der Waals surface area contributed by atoms with Gasteiger partial charge in [-0.05, 0) is 26.0 Å². The fraction of sp³-hybridized carbons (Fsp3) is 0.286. The molecule has 2 amide bonds. The van der Waals surface area contributed by atoms with Gasteiger partial charge in [0.2, 0.25) is 0 Å². The van der Waals surface area contributed by atoms with Crippen molar-refractivity contribution in [3.8, 4) is 5.75 Å². The Hall–Kier alpha value is -2.57. The smallest absolute Gasteiger partial charge is 0.324 e. The minimum Gasteiger partial charge on any atom is -0.497 e. The molecule has 0 saturated carbocycles. The maximum atomic E-state index is 13.6. The second-order valence-corrected chi connectivity index (χ2v) is 4.68. The third-order valence-corrected chi connectivity index (χ3v) is 2.82. The number of methoxy groups -OCH3 is 1. The molecule has 2 aromatic rings. The molecule has 1 aromatic carbocycles. The van der Waals surface area contributed by atoms with E-state index in [-0.39, 0.29) is 11.7 Å². The predicted octanol–water partition coefficient (Wildman–Crippen LogP) is 3.26. The monoisotopic (exact) mass is 292 g/mol. The Morgan fingerprint density at radius 2 is 2.10 bits per heavy atom. The van der Waals surface area contributed by atoms with Gasteiger partial charge in [-0.15, -0.1) is 0 Å². The normalized spacial score (nSPS) is 10.5. The van der Waals surface area contributed by atoms with E-state index in [1.807, 2.05) is 13.8 Å². The number of nitrogens with one attached hydrogen (secondary N) is 2. The summed E-state index contributed by atoms with van der Waals surface area (Å²) in [6.45, 7) is 3.88. The molecule has 0 saturated heterocycles. The van der Waals surface area contributed by atoms with Crippen LogP contribution in [0.15, 0.2) is 30.5 Å². The van der Waals surface area contributed by atoms with Gasteiger partial charge >= 0.3 is 6.03 Å². The lowest BCUT2D eigenvalue weighted by Gasteiger charge is -2.13. The van der Waals surface area contributed by atoms with E-state index in [2.05, 4.69) is 15.7 Å². The van der Waals surface area contributed by atoms with Crippen molar-refractivity contribution in [1.82, 2.24) is 9.78 Å². The van der Waals surface area contributed by atoms with Gasteiger partial charge in [0.25, 0.3) is 0 Å². The van der Waals surface area contributed by atoms with Crippen LogP contribution >= 0.6 is 0 Å². The summed E-state index contributed by atoms with van der Waals surface area (Å²) >= 11 is 0. The standard InChI is InChI=1S/C14H17FN4O2/c1-9(2)19-13(6-7-16-19)18-14(20)17-12-8-10(21-3)4-5-11(12)15/h4-9H,1-3H3,(H2,17,18,20). The van der Waals surface area contributed by atoms with Crippen LogP contribution in [0.3, 0.4) is 0 Å². The van der Waals surface area contributed by atoms with Gasteiger partial charge in [0.1, 0.15) is 17.4 Å². The summed E-state index contributed by atoms with van der Waals surface area (Å²) in [6, 6.07) is 5.34. The Bertz CT molecular complexity index is 640. The van der Waals surface area contributed by atoms with Gasteiger partial charge in [-0.1, -0.05) is 0 Å². The first-order chi connectivity index (χ1) is 10.0. The summed E-state index contributed by atoms with van der Waals surface area (Å²) in [4.78, 5) is 11.9. The average Bonchev–Trinajstić information content (AvgIpc) is 2.89. The molecule has 0 aliphatic rings. The van der Waals surface area contributed by atoms with Crippen LogP contribution in [-0.2, 0) is 0 Å². The van der Waals surface area contributed by atoms with Crippen molar-refractivity contribution in [3.63, 3.8) is 0 Å². The molecule has 0 spiro atoms. The first-order valence-corrected chi connectivity index (χ1v) is 6.46. The summed E-state index contributed by atoms with van der Waals surface area (Å²) in [5, 5.41) is 9.17. The van der Waals surface area contributed by atoms with Crippen LogP contribution in [0.25, 0.3) is 0 Å². The first-order valence-electron chi connectivity index (χ1n) is 6.46. The molecule has 7 heteroatoms. The number of carbonyl (C=O) groups excluding carboxylic acids is 1. The van der Waals surface area contributed by atoms with Crippen LogP contribution in [0, 0.1) is 5.82 Å². The molecule has 1 aromatic heterocycles. The van der Waals surface area contributed by atoms with E-state index >= 15 is 0 Å². The Morgan fingerprint density at radius 3 is 2.76 bits per heavy atom. The van der Waals surface area contributed by atoms with E-state index in [1.54, 1.807) is 16.9 Å². The highest BCUT2D eigenvalue weighted by molar-refractivity contribution is 5.99. The highest BCUT2D eigenvalue weighted by atomic mass is 19.1. The fourth-order valence-electron chi connectivity index (χ4n) is 1.82. The van der Waals surface area contributed by atoms with Crippen LogP contribution in [0.2, 0.25) is 0 Å². The Labute approximate surface area is 121 Å². The van der Waals surface area contributed by atoms with Crippen molar-refractivity contribution in [2.75, 3.05) is 17.7 Å². The molecule has 0 fully saturated rings. The summed E-state index contributed by atoms with van der Waals surface area (Å²) in [5.74, 6) is 0.452. The first kappa shape index (κ1) is 14.8. The van der Waals surface area contributed by atoms with Crippen LogP contribution in [-0.4, -0.2) is 22.9 Å². The minimum atomic E-state index is -0.551. The molecule has 0 bridgehead atoms. The maximum Gasteiger partial charge on any atom is 0.324 e.